The van der Waals surface area contributed by atoms with Crippen molar-refractivity contribution in [2.75, 3.05) is 0 Å². The summed E-state index contributed by atoms with van der Waals surface area (Å²) in [6.45, 7) is 0. The molecule has 0 aliphatic rings. The molecule has 0 aliphatic heterocycles. The normalized spacial score (nSPS) is 10.7. The van der Waals surface area contributed by atoms with Crippen molar-refractivity contribution in [2.24, 2.45) is 10.2 Å². The molecule has 0 bridgehead atoms. The van der Waals surface area contributed by atoms with Crippen molar-refractivity contribution in [1.29, 1.82) is 0 Å². The largest absolute Gasteiger partial charge is 1.00 e. The predicted molar refractivity (Wildman–Crippen MR) is 65.5 cm³/mol. The fourth-order valence-electron chi connectivity index (χ4n) is 1.66. The Morgan fingerprint density at radius 1 is 0.636 bits per heavy atom. The summed E-state index contributed by atoms with van der Waals surface area (Å²) in [5.41, 5.74) is 1.90. The van der Waals surface area contributed by atoms with Crippen molar-refractivity contribution in [2.45, 2.75) is 0 Å². The number of nitrogens with zero attached hydrogens (tertiary/aromatic N) is 10. The molecule has 96 valence electrons. The summed E-state index contributed by atoms with van der Waals surface area (Å²) in [5.74, 6) is 0.637. The minimum Gasteiger partial charge on any atom is -0.365 e. The molecule has 0 amide bonds. The molecule has 10 nitrogen and oxygen atoms in total. The van der Waals surface area contributed by atoms with Gasteiger partial charge < -0.3 is 29.9 Å². The van der Waals surface area contributed by atoms with E-state index in [1.54, 1.807) is 0 Å². The van der Waals surface area contributed by atoms with Gasteiger partial charge in [0.15, 0.2) is 11.6 Å². The van der Waals surface area contributed by atoms with Gasteiger partial charge in [-0.1, -0.05) is 0 Å². The molecule has 0 aliphatic carbocycles. The van der Waals surface area contributed by atoms with E-state index >= 15 is 0 Å². The third kappa shape index (κ3) is 3.07. The van der Waals surface area contributed by atoms with Crippen LogP contribution in [0.5, 0.6) is 0 Å². The van der Waals surface area contributed by atoms with Crippen LogP contribution in [0.2, 0.25) is 0 Å². The van der Waals surface area contributed by atoms with Crippen molar-refractivity contribution in [3.05, 3.63) is 25.3 Å². The van der Waals surface area contributed by atoms with E-state index in [1.807, 2.05) is 0 Å². The first-order valence-corrected chi connectivity index (χ1v) is 5.50. The van der Waals surface area contributed by atoms with Gasteiger partial charge in [-0.25, -0.2) is 9.97 Å². The fourth-order valence-corrected chi connectivity index (χ4v) is 1.66. The van der Waals surface area contributed by atoms with E-state index < -0.39 is 0 Å². The molecule has 0 radical (unpaired) electrons. The third-order valence-corrected chi connectivity index (χ3v) is 2.54. The van der Waals surface area contributed by atoms with Gasteiger partial charge in [-0.05, 0) is 12.7 Å². The molecule has 0 saturated carbocycles. The summed E-state index contributed by atoms with van der Waals surface area (Å²) in [4.78, 5) is 31.9. The Bertz CT molecular complexity index is 853. The number of rotatable bonds is 2. The summed E-state index contributed by atoms with van der Waals surface area (Å²) in [7, 11) is 0. The van der Waals surface area contributed by atoms with Crippen LogP contribution in [-0.2, 0) is 0 Å². The second-order valence-corrected chi connectivity index (χ2v) is 3.69. The van der Waals surface area contributed by atoms with E-state index in [9.17, 15) is 0 Å². The van der Waals surface area contributed by atoms with E-state index in [1.165, 1.54) is 25.3 Å². The van der Waals surface area contributed by atoms with E-state index in [-0.39, 0.29) is 59.1 Å². The summed E-state index contributed by atoms with van der Waals surface area (Å²) >= 11 is 0. The molecular formula is C10H4N10Na2. The van der Waals surface area contributed by atoms with Gasteiger partial charge in [-0.15, -0.1) is 10.2 Å². The zero-order chi connectivity index (χ0) is 13.4. The van der Waals surface area contributed by atoms with E-state index in [4.69, 9.17) is 0 Å². The van der Waals surface area contributed by atoms with Gasteiger partial charge in [0, 0.05) is 23.9 Å². The van der Waals surface area contributed by atoms with Crippen molar-refractivity contribution in [3.63, 3.8) is 0 Å². The Balaban J connectivity index is 0.000000882. The van der Waals surface area contributed by atoms with E-state index in [0.717, 1.165) is 0 Å². The van der Waals surface area contributed by atoms with Gasteiger partial charge in [0.1, 0.15) is 0 Å². The monoisotopic (exact) mass is 310 g/mol. The van der Waals surface area contributed by atoms with E-state index in [2.05, 4.69) is 50.1 Å². The Kier molecular flexibility index (Phi) is 5.67. The maximum Gasteiger partial charge on any atom is 1.00 e. The summed E-state index contributed by atoms with van der Waals surface area (Å²) in [6.07, 6.45) is 5.49. The van der Waals surface area contributed by atoms with Crippen LogP contribution in [0.4, 0.5) is 11.6 Å². The second-order valence-electron chi connectivity index (χ2n) is 3.69. The molecule has 22 heavy (non-hydrogen) atoms. The molecule has 0 saturated heterocycles. The fraction of sp³-hybridized carbons (Fsp3) is 0. The van der Waals surface area contributed by atoms with Crippen LogP contribution in [0.1, 0.15) is 0 Å². The third-order valence-electron chi connectivity index (χ3n) is 2.54. The minimum absolute atomic E-state index is 0. The molecule has 0 N–H and O–H groups in total. The van der Waals surface area contributed by atoms with Crippen LogP contribution in [0, 0.1) is 0 Å². The average molecular weight is 310 g/mol. The number of fused-ring (bicyclic) bond motifs is 2. The zero-order valence-corrected chi connectivity index (χ0v) is 15.8. The SMILES string of the molecule is [Na+].[Na+].c1nc(N=Nc2ncnc3[n-]cnc23)c2nc[n-]c2n1. The van der Waals surface area contributed by atoms with Crippen LogP contribution >= 0.6 is 0 Å². The topological polar surface area (TPSA) is 130 Å². The molecule has 4 heterocycles. The molecule has 0 unspecified atom stereocenters. The predicted octanol–water partition coefficient (Wildman–Crippen LogP) is -5.30. The Morgan fingerprint density at radius 2 is 1.09 bits per heavy atom. The Labute approximate surface area is 167 Å². The first kappa shape index (κ1) is 17.1. The molecule has 4 rings (SSSR count). The number of hydrogen-bond donors (Lipinski definition) is 0. The maximum atomic E-state index is 4.03. The zero-order valence-electron chi connectivity index (χ0n) is 11.8. The summed E-state index contributed by atoms with van der Waals surface area (Å²) in [5, 5.41) is 8.04. The van der Waals surface area contributed by atoms with Gasteiger partial charge in [0.2, 0.25) is 0 Å². The second kappa shape index (κ2) is 7.31. The molecule has 4 aromatic rings. The van der Waals surface area contributed by atoms with Crippen molar-refractivity contribution < 1.29 is 59.1 Å². The quantitative estimate of drug-likeness (QED) is 0.265. The maximum absolute atomic E-state index is 4.03. The molecule has 0 spiro atoms. The van der Waals surface area contributed by atoms with Crippen molar-refractivity contribution in [3.8, 4) is 0 Å². The summed E-state index contributed by atoms with van der Waals surface area (Å²) < 4.78 is 0. The van der Waals surface area contributed by atoms with Crippen LogP contribution in [0.3, 0.4) is 0 Å². The molecule has 0 atom stereocenters. The first-order chi connectivity index (χ1) is 9.92. The Morgan fingerprint density at radius 3 is 1.55 bits per heavy atom. The van der Waals surface area contributed by atoms with E-state index in [0.29, 0.717) is 34.0 Å². The van der Waals surface area contributed by atoms with Gasteiger partial charge in [0.05, 0.1) is 11.0 Å². The van der Waals surface area contributed by atoms with Crippen LogP contribution < -0.4 is 69.1 Å². The van der Waals surface area contributed by atoms with Gasteiger partial charge >= 0.3 is 59.1 Å². The summed E-state index contributed by atoms with van der Waals surface area (Å²) in [6, 6.07) is 0. The van der Waals surface area contributed by atoms with Crippen molar-refractivity contribution in [1.82, 2.24) is 39.9 Å². The van der Waals surface area contributed by atoms with Crippen LogP contribution in [0.15, 0.2) is 35.5 Å². The Hall–Kier alpha value is -1.30. The number of azo groups is 1. The molecule has 0 aromatic carbocycles. The smallest absolute Gasteiger partial charge is 0.365 e. The van der Waals surface area contributed by atoms with Crippen LogP contribution in [-0.4, -0.2) is 29.9 Å². The molecule has 0 fully saturated rings. The number of imidazole rings is 2. The first-order valence-electron chi connectivity index (χ1n) is 5.50. The average Bonchev–Trinajstić information content (AvgIpc) is 3.13. The minimum atomic E-state index is 0. The number of aromatic nitrogens is 8. The molecule has 12 heteroatoms. The van der Waals surface area contributed by atoms with Gasteiger partial charge in [-0.3, -0.25) is 0 Å². The van der Waals surface area contributed by atoms with Crippen molar-refractivity contribution >= 4 is 34.0 Å². The van der Waals surface area contributed by atoms with Gasteiger partial charge in [-0.2, -0.15) is 0 Å². The molecule has 4 aromatic heterocycles. The standard InChI is InChI=1S/C10H4N10.2Na/c1-11-5-7(13-1)15-3-17-9(5)19-20-10-6-8(14-2-12-6)16-4-18-10;;/h1-4H;;/q-2;2*+1. The number of hydrogen-bond acceptors (Lipinski definition) is 8. The molecular weight excluding hydrogens is 306 g/mol. The van der Waals surface area contributed by atoms with Crippen LogP contribution in [0.25, 0.3) is 22.3 Å². The van der Waals surface area contributed by atoms with Gasteiger partial charge in [0.25, 0.3) is 0 Å².